The third-order valence-electron chi connectivity index (χ3n) is 2.62. The minimum absolute atomic E-state index is 0.414. The van der Waals surface area contributed by atoms with Gasteiger partial charge in [-0.25, -0.2) is 0 Å². The molecule has 94 valence electrons. The number of nitriles is 1. The first kappa shape index (κ1) is 13.7. The summed E-state index contributed by atoms with van der Waals surface area (Å²) in [6, 6.07) is 16.8. The van der Waals surface area contributed by atoms with E-state index in [1.807, 2.05) is 36.4 Å². The summed E-state index contributed by atoms with van der Waals surface area (Å²) in [6.07, 6.45) is 0. The van der Waals surface area contributed by atoms with Gasteiger partial charge < -0.3 is 5.73 Å². The molecule has 2 aromatic carbocycles. The van der Waals surface area contributed by atoms with Gasteiger partial charge in [0.25, 0.3) is 0 Å². The largest absolute Gasteiger partial charge is 0.397 e. The van der Waals surface area contributed by atoms with Crippen LogP contribution < -0.4 is 5.73 Å². The van der Waals surface area contributed by atoms with Gasteiger partial charge >= 0.3 is 0 Å². The lowest BCUT2D eigenvalue weighted by atomic mass is 10.0. The van der Waals surface area contributed by atoms with Crippen LogP contribution in [0, 0.1) is 11.3 Å². The maximum Gasteiger partial charge on any atom is 0.102 e. The number of nitrogens with zero attached hydrogens (tertiary/aromatic N) is 1. The Morgan fingerprint density at radius 2 is 1.79 bits per heavy atom. The second-order valence-electron chi connectivity index (χ2n) is 3.92. The van der Waals surface area contributed by atoms with Crippen molar-refractivity contribution in [1.82, 2.24) is 0 Å². The Hall–Kier alpha value is -1.76. The Morgan fingerprint density at radius 1 is 1.11 bits per heavy atom. The number of rotatable bonds is 2. The molecule has 0 saturated heterocycles. The minimum atomic E-state index is 0.414. The lowest BCUT2D eigenvalue weighted by Crippen LogP contribution is -2.00. The first-order valence-corrected chi connectivity index (χ1v) is 6.70. The lowest BCUT2D eigenvalue weighted by Gasteiger charge is -2.07. The van der Waals surface area contributed by atoms with Gasteiger partial charge in [-0.1, -0.05) is 57.9 Å². The van der Waals surface area contributed by atoms with E-state index in [2.05, 4.69) is 22.0 Å². The Morgan fingerprint density at radius 3 is 2.37 bits per heavy atom. The molecule has 0 bridgehead atoms. The van der Waals surface area contributed by atoms with Gasteiger partial charge in [0.15, 0.2) is 0 Å². The highest BCUT2D eigenvalue weighted by Gasteiger charge is 2.09. The molecule has 0 saturated carbocycles. The molecule has 4 heteroatoms. The third-order valence-corrected chi connectivity index (χ3v) is 3.29. The van der Waals surface area contributed by atoms with Gasteiger partial charge in [0.2, 0.25) is 0 Å². The Labute approximate surface area is 125 Å². The van der Waals surface area contributed by atoms with Crippen molar-refractivity contribution < 1.29 is 0 Å². The molecule has 0 aromatic heterocycles. The van der Waals surface area contributed by atoms with Crippen LogP contribution in [0.25, 0.3) is 11.3 Å². The SMILES string of the molecule is N#C/C(=C(/N)c1cc(Cl)cc(Br)c1)c1ccccc1. The van der Waals surface area contributed by atoms with Gasteiger partial charge in [-0.3, -0.25) is 0 Å². The molecule has 0 atom stereocenters. The first-order chi connectivity index (χ1) is 9.11. The second kappa shape index (κ2) is 5.92. The van der Waals surface area contributed by atoms with E-state index in [4.69, 9.17) is 17.3 Å². The predicted molar refractivity (Wildman–Crippen MR) is 82.2 cm³/mol. The highest BCUT2D eigenvalue weighted by atomic mass is 79.9. The molecule has 0 aliphatic rings. The van der Waals surface area contributed by atoms with Gasteiger partial charge in [0.05, 0.1) is 11.3 Å². The quantitative estimate of drug-likeness (QED) is 0.652. The smallest absolute Gasteiger partial charge is 0.102 e. The average molecular weight is 334 g/mol. The van der Waals surface area contributed by atoms with Crippen molar-refractivity contribution in [2.45, 2.75) is 0 Å². The van der Waals surface area contributed by atoms with E-state index in [1.165, 1.54) is 0 Å². The molecular formula is C15H10BrClN2. The summed E-state index contributed by atoms with van der Waals surface area (Å²) in [5.74, 6) is 0. The normalized spacial score (nSPS) is 11.6. The molecule has 0 radical (unpaired) electrons. The highest BCUT2D eigenvalue weighted by Crippen LogP contribution is 2.27. The molecule has 0 amide bonds. The molecule has 0 spiro atoms. The maximum atomic E-state index is 9.32. The fourth-order valence-corrected chi connectivity index (χ4v) is 2.60. The summed E-state index contributed by atoms with van der Waals surface area (Å²) in [5, 5.41) is 9.88. The molecule has 2 N–H and O–H groups in total. The summed E-state index contributed by atoms with van der Waals surface area (Å²) < 4.78 is 0.823. The van der Waals surface area contributed by atoms with E-state index in [9.17, 15) is 5.26 Å². The van der Waals surface area contributed by atoms with Crippen LogP contribution in [0.5, 0.6) is 0 Å². The standard InChI is InChI=1S/C15H10BrClN2/c16-12-6-11(7-13(17)8-12)15(19)14(9-18)10-4-2-1-3-5-10/h1-8H,19H2/b15-14-. The zero-order chi connectivity index (χ0) is 13.8. The van der Waals surface area contributed by atoms with Crippen LogP contribution in [0.4, 0.5) is 0 Å². The van der Waals surface area contributed by atoms with Gasteiger partial charge in [-0.2, -0.15) is 5.26 Å². The first-order valence-electron chi connectivity index (χ1n) is 5.53. The van der Waals surface area contributed by atoms with Crippen LogP contribution in [-0.2, 0) is 0 Å². The maximum absolute atomic E-state index is 9.32. The van der Waals surface area contributed by atoms with Crippen molar-refractivity contribution in [3.8, 4) is 6.07 Å². The molecule has 2 rings (SSSR count). The van der Waals surface area contributed by atoms with E-state index in [0.29, 0.717) is 16.3 Å². The van der Waals surface area contributed by atoms with Crippen LogP contribution in [0.3, 0.4) is 0 Å². The molecule has 19 heavy (non-hydrogen) atoms. The Kier molecular flexibility index (Phi) is 4.26. The van der Waals surface area contributed by atoms with Gasteiger partial charge in [0, 0.05) is 15.1 Å². The summed E-state index contributed by atoms with van der Waals surface area (Å²) in [6.45, 7) is 0. The van der Waals surface area contributed by atoms with Crippen molar-refractivity contribution in [3.63, 3.8) is 0 Å². The van der Waals surface area contributed by atoms with Crippen molar-refractivity contribution in [1.29, 1.82) is 5.26 Å². The summed E-state index contributed by atoms with van der Waals surface area (Å²) >= 11 is 9.36. The molecule has 0 fully saturated rings. The van der Waals surface area contributed by atoms with E-state index in [1.54, 1.807) is 12.1 Å². The molecule has 2 nitrogen and oxygen atoms in total. The Bertz CT molecular complexity index is 652. The molecular weight excluding hydrogens is 324 g/mol. The monoisotopic (exact) mass is 332 g/mol. The minimum Gasteiger partial charge on any atom is -0.397 e. The molecule has 0 unspecified atom stereocenters. The van der Waals surface area contributed by atoms with Crippen molar-refractivity contribution >= 4 is 38.8 Å². The molecule has 2 aromatic rings. The predicted octanol–water partition coefficient (Wildman–Crippen LogP) is 4.45. The van der Waals surface area contributed by atoms with Crippen LogP contribution in [0.1, 0.15) is 11.1 Å². The van der Waals surface area contributed by atoms with E-state index >= 15 is 0 Å². The number of benzene rings is 2. The number of nitrogens with two attached hydrogens (primary N) is 1. The van der Waals surface area contributed by atoms with Gasteiger partial charge in [-0.15, -0.1) is 0 Å². The summed E-state index contributed by atoms with van der Waals surface area (Å²) in [4.78, 5) is 0. The van der Waals surface area contributed by atoms with Crippen LogP contribution in [0.2, 0.25) is 5.02 Å². The fourth-order valence-electron chi connectivity index (χ4n) is 1.74. The second-order valence-corrected chi connectivity index (χ2v) is 5.28. The number of halogens is 2. The number of allylic oxidation sites excluding steroid dienone is 1. The molecule has 0 aliphatic heterocycles. The van der Waals surface area contributed by atoms with Crippen molar-refractivity contribution in [3.05, 3.63) is 69.2 Å². The fraction of sp³-hybridized carbons (Fsp3) is 0. The van der Waals surface area contributed by atoms with E-state index in [0.717, 1.165) is 15.6 Å². The molecule has 0 aliphatic carbocycles. The number of hydrogen-bond acceptors (Lipinski definition) is 2. The van der Waals surface area contributed by atoms with Crippen molar-refractivity contribution in [2.24, 2.45) is 5.73 Å². The zero-order valence-corrected chi connectivity index (χ0v) is 12.2. The third kappa shape index (κ3) is 3.17. The van der Waals surface area contributed by atoms with Crippen LogP contribution in [0.15, 0.2) is 53.0 Å². The number of hydrogen-bond donors (Lipinski definition) is 1. The van der Waals surface area contributed by atoms with Gasteiger partial charge in [0.1, 0.15) is 6.07 Å². The van der Waals surface area contributed by atoms with Crippen LogP contribution >= 0.6 is 27.5 Å². The highest BCUT2D eigenvalue weighted by molar-refractivity contribution is 9.10. The lowest BCUT2D eigenvalue weighted by molar-refractivity contribution is 1.47. The Balaban J connectivity index is 2.59. The van der Waals surface area contributed by atoms with E-state index < -0.39 is 0 Å². The summed E-state index contributed by atoms with van der Waals surface area (Å²) in [7, 11) is 0. The zero-order valence-electron chi connectivity index (χ0n) is 9.90. The van der Waals surface area contributed by atoms with E-state index in [-0.39, 0.29) is 0 Å². The molecule has 0 heterocycles. The van der Waals surface area contributed by atoms with Crippen molar-refractivity contribution in [2.75, 3.05) is 0 Å². The topological polar surface area (TPSA) is 49.8 Å². The van der Waals surface area contributed by atoms with Crippen LogP contribution in [-0.4, -0.2) is 0 Å². The van der Waals surface area contributed by atoms with Gasteiger partial charge in [-0.05, 0) is 23.8 Å². The summed E-state index contributed by atoms with van der Waals surface area (Å²) in [5.41, 5.74) is 8.46. The average Bonchev–Trinajstić information content (AvgIpc) is 2.39.